The van der Waals surface area contributed by atoms with Gasteiger partial charge >= 0.3 is 5.97 Å². The van der Waals surface area contributed by atoms with Crippen LogP contribution in [0.4, 0.5) is 0 Å². The molecule has 0 fully saturated rings. The molecule has 0 bridgehead atoms. The van der Waals surface area contributed by atoms with Gasteiger partial charge in [0.2, 0.25) is 0 Å². The van der Waals surface area contributed by atoms with E-state index in [1.165, 1.54) is 7.11 Å². The summed E-state index contributed by atoms with van der Waals surface area (Å²) in [6, 6.07) is 7.29. The second-order valence-electron chi connectivity index (χ2n) is 3.08. The molecule has 15 heavy (non-hydrogen) atoms. The molecule has 0 spiro atoms. The first kappa shape index (κ1) is 12.4. The van der Waals surface area contributed by atoms with Gasteiger partial charge in [-0.05, 0) is 24.0 Å². The van der Waals surface area contributed by atoms with Gasteiger partial charge in [0.1, 0.15) is 0 Å². The van der Waals surface area contributed by atoms with Crippen molar-refractivity contribution in [2.45, 2.75) is 5.92 Å². The van der Waals surface area contributed by atoms with Crippen LogP contribution in [-0.2, 0) is 9.53 Å². The minimum absolute atomic E-state index is 0.202. The van der Waals surface area contributed by atoms with Gasteiger partial charge in [-0.25, -0.2) is 0 Å². The molecule has 0 aliphatic heterocycles. The minimum atomic E-state index is -0.206. The molecule has 1 aromatic rings. The summed E-state index contributed by atoms with van der Waals surface area (Å²) < 4.78 is 4.76. The van der Waals surface area contributed by atoms with Crippen LogP contribution in [0, 0.1) is 0 Å². The average Bonchev–Trinajstić information content (AvgIpc) is 2.26. The van der Waals surface area contributed by atoms with Crippen molar-refractivity contribution in [2.24, 2.45) is 0 Å². The third-order valence-electron chi connectivity index (χ3n) is 2.09. The van der Waals surface area contributed by atoms with Gasteiger partial charge in [0.05, 0.1) is 13.0 Å². The summed E-state index contributed by atoms with van der Waals surface area (Å²) in [5, 5.41) is 0.673. The van der Waals surface area contributed by atoms with Crippen LogP contribution in [0.3, 0.4) is 0 Å². The van der Waals surface area contributed by atoms with Gasteiger partial charge in [-0.3, -0.25) is 4.79 Å². The highest BCUT2D eigenvalue weighted by molar-refractivity contribution is 7.98. The SMILES string of the molecule is COC(=O)C(CSC)c1ccc(Cl)cc1. The smallest absolute Gasteiger partial charge is 0.313 e. The van der Waals surface area contributed by atoms with E-state index in [1.54, 1.807) is 23.9 Å². The Kier molecular flexibility index (Phi) is 4.99. The molecule has 1 aromatic carbocycles. The number of hydrogen-bond acceptors (Lipinski definition) is 3. The van der Waals surface area contributed by atoms with Crippen molar-refractivity contribution in [3.63, 3.8) is 0 Å². The number of methoxy groups -OCH3 is 1. The molecule has 82 valence electrons. The van der Waals surface area contributed by atoms with Crippen LogP contribution >= 0.6 is 23.4 Å². The van der Waals surface area contributed by atoms with Crippen LogP contribution in [-0.4, -0.2) is 25.1 Å². The lowest BCUT2D eigenvalue weighted by molar-refractivity contribution is -0.141. The molecular weight excluding hydrogens is 232 g/mol. The normalized spacial score (nSPS) is 12.2. The number of ether oxygens (including phenoxy) is 1. The van der Waals surface area contributed by atoms with E-state index in [0.717, 1.165) is 5.56 Å². The zero-order chi connectivity index (χ0) is 11.3. The van der Waals surface area contributed by atoms with Crippen LogP contribution in [0.2, 0.25) is 5.02 Å². The van der Waals surface area contributed by atoms with E-state index in [9.17, 15) is 4.79 Å². The molecule has 1 atom stereocenters. The molecule has 0 aliphatic carbocycles. The molecule has 4 heteroatoms. The highest BCUT2D eigenvalue weighted by atomic mass is 35.5. The Labute approximate surface area is 99.0 Å². The molecule has 0 amide bonds. The lowest BCUT2D eigenvalue weighted by Crippen LogP contribution is -2.16. The summed E-state index contributed by atoms with van der Waals surface area (Å²) >= 11 is 7.40. The van der Waals surface area contributed by atoms with Crippen LogP contribution in [0.15, 0.2) is 24.3 Å². The fourth-order valence-electron chi connectivity index (χ4n) is 1.30. The molecule has 0 saturated carbocycles. The number of thioether (sulfide) groups is 1. The lowest BCUT2D eigenvalue weighted by atomic mass is 10.0. The molecule has 1 rings (SSSR count). The summed E-state index contributed by atoms with van der Waals surface area (Å²) in [5.41, 5.74) is 0.945. The van der Waals surface area contributed by atoms with Crippen molar-refractivity contribution in [1.29, 1.82) is 0 Å². The second kappa shape index (κ2) is 6.03. The van der Waals surface area contributed by atoms with Crippen LogP contribution in [0.25, 0.3) is 0 Å². The molecule has 0 N–H and O–H groups in total. The van der Waals surface area contributed by atoms with Gasteiger partial charge in [0.25, 0.3) is 0 Å². The second-order valence-corrected chi connectivity index (χ2v) is 4.43. The Morgan fingerprint density at radius 2 is 2.07 bits per heavy atom. The first-order valence-corrected chi connectivity index (χ1v) is 6.28. The first-order chi connectivity index (χ1) is 7.19. The van der Waals surface area contributed by atoms with Crippen molar-refractivity contribution >= 4 is 29.3 Å². The third kappa shape index (κ3) is 3.43. The Morgan fingerprint density at radius 1 is 1.47 bits per heavy atom. The number of esters is 1. The molecular formula is C11H13ClO2S. The Hall–Kier alpha value is -0.670. The predicted octanol–water partition coefficient (Wildman–Crippen LogP) is 2.96. The predicted molar refractivity (Wildman–Crippen MR) is 64.6 cm³/mol. The largest absolute Gasteiger partial charge is 0.469 e. The monoisotopic (exact) mass is 244 g/mol. The van der Waals surface area contributed by atoms with E-state index < -0.39 is 0 Å². The maximum Gasteiger partial charge on any atom is 0.313 e. The number of carbonyl (C=O) groups excluding carboxylic acids is 1. The van der Waals surface area contributed by atoms with Crippen molar-refractivity contribution in [1.82, 2.24) is 0 Å². The number of benzene rings is 1. The zero-order valence-electron chi connectivity index (χ0n) is 8.70. The van der Waals surface area contributed by atoms with Gasteiger partial charge in [-0.1, -0.05) is 23.7 Å². The maximum atomic E-state index is 11.5. The maximum absolute atomic E-state index is 11.5. The summed E-state index contributed by atoms with van der Waals surface area (Å²) in [6.45, 7) is 0. The van der Waals surface area contributed by atoms with Gasteiger partial charge in [0, 0.05) is 10.8 Å². The molecule has 0 radical (unpaired) electrons. The minimum Gasteiger partial charge on any atom is -0.469 e. The Balaban J connectivity index is 2.88. The number of hydrogen-bond donors (Lipinski definition) is 0. The summed E-state index contributed by atoms with van der Waals surface area (Å²) in [5.74, 6) is 0.308. The van der Waals surface area contributed by atoms with E-state index in [0.29, 0.717) is 10.8 Å². The van der Waals surface area contributed by atoms with E-state index in [4.69, 9.17) is 16.3 Å². The molecule has 2 nitrogen and oxygen atoms in total. The van der Waals surface area contributed by atoms with E-state index in [-0.39, 0.29) is 11.9 Å². The summed E-state index contributed by atoms with van der Waals surface area (Å²) in [7, 11) is 1.41. The number of halogens is 1. The fourth-order valence-corrected chi connectivity index (χ4v) is 2.09. The fraction of sp³-hybridized carbons (Fsp3) is 0.364. The Morgan fingerprint density at radius 3 is 2.53 bits per heavy atom. The van der Waals surface area contributed by atoms with Gasteiger partial charge in [-0.15, -0.1) is 0 Å². The molecule has 0 saturated heterocycles. The van der Waals surface area contributed by atoms with Crippen molar-refractivity contribution in [2.75, 3.05) is 19.1 Å². The molecule has 0 aliphatic rings. The van der Waals surface area contributed by atoms with Crippen LogP contribution in [0.5, 0.6) is 0 Å². The molecule has 1 unspecified atom stereocenters. The number of rotatable bonds is 4. The van der Waals surface area contributed by atoms with Crippen molar-refractivity contribution in [3.8, 4) is 0 Å². The summed E-state index contributed by atoms with van der Waals surface area (Å²) in [4.78, 5) is 11.5. The highest BCUT2D eigenvalue weighted by Crippen LogP contribution is 2.22. The molecule has 0 heterocycles. The van der Waals surface area contributed by atoms with E-state index >= 15 is 0 Å². The summed E-state index contributed by atoms with van der Waals surface area (Å²) in [6.07, 6.45) is 1.96. The van der Waals surface area contributed by atoms with Crippen LogP contribution < -0.4 is 0 Å². The zero-order valence-corrected chi connectivity index (χ0v) is 10.3. The first-order valence-electron chi connectivity index (χ1n) is 4.51. The highest BCUT2D eigenvalue weighted by Gasteiger charge is 2.20. The average molecular weight is 245 g/mol. The Bertz CT molecular complexity index is 324. The van der Waals surface area contributed by atoms with Gasteiger partial charge in [-0.2, -0.15) is 11.8 Å². The van der Waals surface area contributed by atoms with Crippen LogP contribution in [0.1, 0.15) is 11.5 Å². The van der Waals surface area contributed by atoms with E-state index in [1.807, 2.05) is 18.4 Å². The molecule has 0 aromatic heterocycles. The van der Waals surface area contributed by atoms with Crippen molar-refractivity contribution in [3.05, 3.63) is 34.9 Å². The number of carbonyl (C=O) groups is 1. The van der Waals surface area contributed by atoms with E-state index in [2.05, 4.69) is 0 Å². The van der Waals surface area contributed by atoms with Gasteiger partial charge in [0.15, 0.2) is 0 Å². The standard InChI is InChI=1S/C11H13ClO2S/c1-14-11(13)10(7-15-2)8-3-5-9(12)6-4-8/h3-6,10H,7H2,1-2H3. The quantitative estimate of drug-likeness (QED) is 0.762. The third-order valence-corrected chi connectivity index (χ3v) is 3.01. The topological polar surface area (TPSA) is 26.3 Å². The lowest BCUT2D eigenvalue weighted by Gasteiger charge is -2.13. The van der Waals surface area contributed by atoms with Gasteiger partial charge < -0.3 is 4.74 Å². The van der Waals surface area contributed by atoms with Crippen molar-refractivity contribution < 1.29 is 9.53 Å².